The molecular formula is C12H19BrN2O4S. The van der Waals surface area contributed by atoms with Gasteiger partial charge in [-0.2, -0.15) is 0 Å². The number of halogens is 1. The second kappa shape index (κ2) is 6.57. The van der Waals surface area contributed by atoms with E-state index in [1.807, 2.05) is 13.8 Å². The fraction of sp³-hybridized carbons (Fsp3) is 0.667. The van der Waals surface area contributed by atoms with Gasteiger partial charge in [0.15, 0.2) is 4.67 Å². The normalized spacial score (nSPS) is 23.4. The average Bonchev–Trinajstić information content (AvgIpc) is 2.94. The molecule has 20 heavy (non-hydrogen) atoms. The predicted molar refractivity (Wildman–Crippen MR) is 77.9 cm³/mol. The molecule has 8 heteroatoms. The summed E-state index contributed by atoms with van der Waals surface area (Å²) in [5.41, 5.74) is 0. The highest BCUT2D eigenvalue weighted by Gasteiger charge is 2.31. The number of rotatable bonds is 6. The lowest BCUT2D eigenvalue weighted by Crippen LogP contribution is -2.39. The van der Waals surface area contributed by atoms with Crippen LogP contribution in [0, 0.1) is 0 Å². The van der Waals surface area contributed by atoms with Gasteiger partial charge in [-0.1, -0.05) is 6.92 Å². The summed E-state index contributed by atoms with van der Waals surface area (Å²) >= 11 is 3.16. The highest BCUT2D eigenvalue weighted by Crippen LogP contribution is 2.27. The second-order valence-electron chi connectivity index (χ2n) is 4.72. The van der Waals surface area contributed by atoms with Gasteiger partial charge in [0.2, 0.25) is 10.0 Å². The van der Waals surface area contributed by atoms with E-state index < -0.39 is 10.0 Å². The summed E-state index contributed by atoms with van der Waals surface area (Å²) in [5.74, 6) is 0.579. The van der Waals surface area contributed by atoms with E-state index >= 15 is 0 Å². The van der Waals surface area contributed by atoms with Gasteiger partial charge >= 0.3 is 0 Å². The van der Waals surface area contributed by atoms with E-state index in [0.29, 0.717) is 25.3 Å². The van der Waals surface area contributed by atoms with Crippen LogP contribution in [0.4, 0.5) is 0 Å². The van der Waals surface area contributed by atoms with Crippen molar-refractivity contribution in [1.29, 1.82) is 0 Å². The molecule has 0 amide bonds. The molecule has 2 unspecified atom stereocenters. The largest absolute Gasteiger partial charge is 0.452 e. The molecule has 2 N–H and O–H groups in total. The van der Waals surface area contributed by atoms with Crippen LogP contribution in [0.25, 0.3) is 0 Å². The van der Waals surface area contributed by atoms with E-state index in [1.165, 1.54) is 6.07 Å². The van der Waals surface area contributed by atoms with Crippen molar-refractivity contribution >= 4 is 26.0 Å². The van der Waals surface area contributed by atoms with Gasteiger partial charge in [0.05, 0.1) is 18.7 Å². The Morgan fingerprint density at radius 1 is 1.50 bits per heavy atom. The Kier molecular flexibility index (Phi) is 5.25. The predicted octanol–water partition coefficient (Wildman–Crippen LogP) is 1.61. The van der Waals surface area contributed by atoms with Gasteiger partial charge in [0.25, 0.3) is 0 Å². The summed E-state index contributed by atoms with van der Waals surface area (Å²) in [5, 5.41) is 3.09. The van der Waals surface area contributed by atoms with Crippen LogP contribution in [0.5, 0.6) is 0 Å². The van der Waals surface area contributed by atoms with Crippen LogP contribution in [-0.4, -0.2) is 33.7 Å². The van der Waals surface area contributed by atoms with Crippen molar-refractivity contribution < 1.29 is 17.6 Å². The van der Waals surface area contributed by atoms with Crippen LogP contribution in [0.15, 0.2) is 20.0 Å². The maximum absolute atomic E-state index is 12.4. The van der Waals surface area contributed by atoms with E-state index in [4.69, 9.17) is 9.15 Å². The highest BCUT2D eigenvalue weighted by molar-refractivity contribution is 9.10. The molecule has 1 aliphatic rings. The third-order valence-corrected chi connectivity index (χ3v) is 5.57. The fourth-order valence-electron chi connectivity index (χ4n) is 2.07. The maximum Gasteiger partial charge on any atom is 0.245 e. The number of ether oxygens (including phenoxy) is 1. The highest BCUT2D eigenvalue weighted by atomic mass is 79.9. The van der Waals surface area contributed by atoms with E-state index in [9.17, 15) is 8.42 Å². The quantitative estimate of drug-likeness (QED) is 0.799. The van der Waals surface area contributed by atoms with E-state index in [1.54, 1.807) is 0 Å². The molecule has 1 fully saturated rings. The summed E-state index contributed by atoms with van der Waals surface area (Å²) in [4.78, 5) is 0.129. The lowest BCUT2D eigenvalue weighted by molar-refractivity contribution is 0.117. The Hall–Kier alpha value is -0.410. The van der Waals surface area contributed by atoms with Crippen LogP contribution < -0.4 is 10.0 Å². The average molecular weight is 367 g/mol. The Morgan fingerprint density at radius 3 is 2.85 bits per heavy atom. The van der Waals surface area contributed by atoms with Crippen molar-refractivity contribution in [1.82, 2.24) is 10.0 Å². The molecule has 1 aromatic rings. The molecule has 0 radical (unpaired) electrons. The maximum atomic E-state index is 12.4. The Balaban J connectivity index is 2.14. The number of furan rings is 1. The molecule has 2 heterocycles. The van der Waals surface area contributed by atoms with Crippen molar-refractivity contribution in [3.63, 3.8) is 0 Å². The molecule has 114 valence electrons. The SMILES string of the molecule is CCNCc1cc(S(=O)(=O)NC2CCOC2C)c(Br)o1. The summed E-state index contributed by atoms with van der Waals surface area (Å²) in [6.07, 6.45) is 0.566. The van der Waals surface area contributed by atoms with E-state index in [2.05, 4.69) is 26.0 Å². The van der Waals surface area contributed by atoms with Crippen LogP contribution in [0.3, 0.4) is 0 Å². The summed E-state index contributed by atoms with van der Waals surface area (Å²) in [6, 6.07) is 1.34. The summed E-state index contributed by atoms with van der Waals surface area (Å²) in [6.45, 7) is 5.69. The van der Waals surface area contributed by atoms with Crippen LogP contribution >= 0.6 is 15.9 Å². The van der Waals surface area contributed by atoms with Crippen LogP contribution in [0.1, 0.15) is 26.0 Å². The minimum atomic E-state index is -3.61. The monoisotopic (exact) mass is 366 g/mol. The van der Waals surface area contributed by atoms with Gasteiger partial charge in [0, 0.05) is 12.7 Å². The van der Waals surface area contributed by atoms with Crippen LogP contribution in [-0.2, 0) is 21.3 Å². The molecule has 0 aromatic carbocycles. The lowest BCUT2D eigenvalue weighted by Gasteiger charge is -2.15. The second-order valence-corrected chi connectivity index (χ2v) is 7.13. The summed E-state index contributed by atoms with van der Waals surface area (Å²) < 4.78 is 38.4. The first-order valence-corrected chi connectivity index (χ1v) is 8.84. The molecule has 2 rings (SSSR count). The van der Waals surface area contributed by atoms with Crippen LogP contribution in [0.2, 0.25) is 0 Å². The third kappa shape index (κ3) is 3.62. The molecule has 1 aromatic heterocycles. The zero-order chi connectivity index (χ0) is 14.8. The van der Waals surface area contributed by atoms with E-state index in [-0.39, 0.29) is 21.7 Å². The van der Waals surface area contributed by atoms with Gasteiger partial charge in [-0.3, -0.25) is 0 Å². The van der Waals surface area contributed by atoms with Crippen molar-refractivity contribution in [2.45, 2.75) is 43.9 Å². The van der Waals surface area contributed by atoms with Gasteiger partial charge in [-0.05, 0) is 35.8 Å². The van der Waals surface area contributed by atoms with Gasteiger partial charge in [-0.15, -0.1) is 0 Å². The van der Waals surface area contributed by atoms with Crippen molar-refractivity contribution in [2.75, 3.05) is 13.2 Å². The first-order chi connectivity index (χ1) is 9.44. The molecule has 0 saturated carbocycles. The smallest absolute Gasteiger partial charge is 0.245 e. The summed E-state index contributed by atoms with van der Waals surface area (Å²) in [7, 11) is -3.61. The van der Waals surface area contributed by atoms with Gasteiger partial charge < -0.3 is 14.5 Å². The first-order valence-electron chi connectivity index (χ1n) is 6.57. The van der Waals surface area contributed by atoms with E-state index in [0.717, 1.165) is 6.54 Å². The molecule has 1 aliphatic heterocycles. The molecule has 6 nitrogen and oxygen atoms in total. The number of sulfonamides is 1. The zero-order valence-electron chi connectivity index (χ0n) is 11.5. The molecule has 1 saturated heterocycles. The molecule has 0 spiro atoms. The Morgan fingerprint density at radius 2 is 2.25 bits per heavy atom. The van der Waals surface area contributed by atoms with Crippen molar-refractivity contribution in [2.24, 2.45) is 0 Å². The Labute approximate surface area is 127 Å². The Bertz CT molecular complexity index is 558. The topological polar surface area (TPSA) is 80.6 Å². The molecule has 0 bridgehead atoms. The minimum absolute atomic E-state index is 0.114. The number of hydrogen-bond donors (Lipinski definition) is 2. The zero-order valence-corrected chi connectivity index (χ0v) is 13.9. The number of nitrogens with one attached hydrogen (secondary N) is 2. The number of hydrogen-bond acceptors (Lipinski definition) is 5. The molecule has 0 aliphatic carbocycles. The third-order valence-electron chi connectivity index (χ3n) is 3.23. The van der Waals surface area contributed by atoms with Gasteiger partial charge in [0.1, 0.15) is 10.7 Å². The van der Waals surface area contributed by atoms with Crippen molar-refractivity contribution in [3.05, 3.63) is 16.5 Å². The lowest BCUT2D eigenvalue weighted by atomic mass is 10.2. The molecular weight excluding hydrogens is 348 g/mol. The van der Waals surface area contributed by atoms with Gasteiger partial charge in [-0.25, -0.2) is 13.1 Å². The van der Waals surface area contributed by atoms with Crippen molar-refractivity contribution in [3.8, 4) is 0 Å². The standard InChI is InChI=1S/C12H19BrN2O4S/c1-3-14-7-9-6-11(12(13)19-9)20(16,17)15-10-4-5-18-8(10)2/h6,8,10,14-15H,3-5,7H2,1-2H3. The first kappa shape index (κ1) is 16.0. The fourth-order valence-corrected chi connectivity index (χ4v) is 4.40. The minimum Gasteiger partial charge on any atom is -0.452 e. The molecule has 2 atom stereocenters.